The average Bonchev–Trinajstić information content (AvgIpc) is 3.09. The number of hydrogen-bond acceptors (Lipinski definition) is 5. The molecule has 8 heteroatoms. The van der Waals surface area contributed by atoms with Gasteiger partial charge in [0.25, 0.3) is 5.91 Å². The maximum atomic E-state index is 13.0. The molecule has 25 heavy (non-hydrogen) atoms. The lowest BCUT2D eigenvalue weighted by Crippen LogP contribution is -2.51. The van der Waals surface area contributed by atoms with Crippen molar-refractivity contribution in [3.8, 4) is 5.82 Å². The molecule has 0 spiro atoms. The minimum atomic E-state index is -1.06. The average molecular weight is 347 g/mol. The van der Waals surface area contributed by atoms with Gasteiger partial charge in [0, 0.05) is 24.0 Å². The Morgan fingerprint density at radius 3 is 2.56 bits per heavy atom. The summed E-state index contributed by atoms with van der Waals surface area (Å²) in [6, 6.07) is 3.59. The Kier molecular flexibility index (Phi) is 4.38. The molecule has 1 fully saturated rings. The van der Waals surface area contributed by atoms with Crippen molar-refractivity contribution < 1.29 is 24.0 Å². The molecule has 0 saturated carbocycles. The maximum absolute atomic E-state index is 13.0. The summed E-state index contributed by atoms with van der Waals surface area (Å²) in [6.07, 6.45) is -1.34. The standard InChI is InChI=1S/C17H21N3O5/c1-9-5-13(12(4)20(9)15-6-10(2)25-18-15)16(21)19-7-11(3)24-14(8-19)17(22)23/h5-6,11,14H,7-8H2,1-4H3,(H,22,23)/t11-,14?/m1/s1. The molecule has 1 unspecified atom stereocenters. The molecule has 0 bridgehead atoms. The number of carbonyl (C=O) groups excluding carboxylic acids is 1. The molecule has 3 heterocycles. The predicted octanol–water partition coefficient (Wildman–Crippen LogP) is 1.70. The van der Waals surface area contributed by atoms with Gasteiger partial charge in [-0.3, -0.25) is 9.36 Å². The van der Waals surface area contributed by atoms with E-state index in [1.807, 2.05) is 18.4 Å². The lowest BCUT2D eigenvalue weighted by Gasteiger charge is -2.35. The molecule has 1 aliphatic heterocycles. The highest BCUT2D eigenvalue weighted by Crippen LogP contribution is 2.23. The minimum absolute atomic E-state index is 0.0330. The van der Waals surface area contributed by atoms with E-state index in [-0.39, 0.29) is 18.6 Å². The van der Waals surface area contributed by atoms with E-state index in [1.54, 1.807) is 26.0 Å². The van der Waals surface area contributed by atoms with Crippen molar-refractivity contribution in [1.29, 1.82) is 0 Å². The minimum Gasteiger partial charge on any atom is -0.479 e. The number of carbonyl (C=O) groups is 2. The van der Waals surface area contributed by atoms with Crippen LogP contribution in [-0.2, 0) is 9.53 Å². The largest absolute Gasteiger partial charge is 0.479 e. The van der Waals surface area contributed by atoms with Gasteiger partial charge < -0.3 is 19.3 Å². The molecule has 134 valence electrons. The highest BCUT2D eigenvalue weighted by atomic mass is 16.5. The summed E-state index contributed by atoms with van der Waals surface area (Å²) in [5.74, 6) is 0.0286. The van der Waals surface area contributed by atoms with E-state index in [2.05, 4.69) is 5.16 Å². The van der Waals surface area contributed by atoms with Crippen LogP contribution >= 0.6 is 0 Å². The zero-order valence-electron chi connectivity index (χ0n) is 14.6. The van der Waals surface area contributed by atoms with Crippen molar-refractivity contribution in [1.82, 2.24) is 14.6 Å². The number of aliphatic carboxylic acids is 1. The van der Waals surface area contributed by atoms with Crippen LogP contribution in [0.5, 0.6) is 0 Å². The molecule has 3 rings (SSSR count). The van der Waals surface area contributed by atoms with Gasteiger partial charge in [0.2, 0.25) is 0 Å². The lowest BCUT2D eigenvalue weighted by molar-refractivity contribution is -0.160. The van der Waals surface area contributed by atoms with Gasteiger partial charge >= 0.3 is 5.97 Å². The molecule has 0 aliphatic carbocycles. The fraction of sp³-hybridized carbons (Fsp3) is 0.471. The molecule has 1 N–H and O–H groups in total. The number of nitrogens with zero attached hydrogens (tertiary/aromatic N) is 3. The van der Waals surface area contributed by atoms with Gasteiger partial charge in [-0.1, -0.05) is 5.16 Å². The number of hydrogen-bond donors (Lipinski definition) is 1. The Bertz CT molecular complexity index is 822. The molecule has 0 radical (unpaired) electrons. The van der Waals surface area contributed by atoms with Crippen LogP contribution in [0.4, 0.5) is 0 Å². The molecule has 0 aromatic carbocycles. The Balaban J connectivity index is 1.91. The number of rotatable bonds is 3. The summed E-state index contributed by atoms with van der Waals surface area (Å²) in [7, 11) is 0. The fourth-order valence-electron chi connectivity index (χ4n) is 3.21. The molecule has 1 saturated heterocycles. The number of carboxylic acids is 1. The van der Waals surface area contributed by atoms with Crippen LogP contribution in [0.25, 0.3) is 5.82 Å². The SMILES string of the molecule is Cc1cc(-n2c(C)cc(C(=O)N3CC(C(=O)O)O[C@H](C)C3)c2C)no1. The maximum Gasteiger partial charge on any atom is 0.334 e. The van der Waals surface area contributed by atoms with Crippen LogP contribution in [-0.4, -0.2) is 56.9 Å². The van der Waals surface area contributed by atoms with Gasteiger partial charge in [0.05, 0.1) is 18.2 Å². The van der Waals surface area contributed by atoms with Crippen molar-refractivity contribution in [3.63, 3.8) is 0 Å². The summed E-state index contributed by atoms with van der Waals surface area (Å²) in [5.41, 5.74) is 2.11. The number of ether oxygens (including phenoxy) is 1. The van der Waals surface area contributed by atoms with Crippen LogP contribution in [0, 0.1) is 20.8 Å². The third-order valence-electron chi connectivity index (χ3n) is 4.33. The summed E-state index contributed by atoms with van der Waals surface area (Å²) < 4.78 is 12.3. The first-order chi connectivity index (χ1) is 11.8. The van der Waals surface area contributed by atoms with E-state index in [0.717, 1.165) is 11.4 Å². The van der Waals surface area contributed by atoms with Crippen molar-refractivity contribution >= 4 is 11.9 Å². The van der Waals surface area contributed by atoms with Gasteiger partial charge in [0.1, 0.15) is 5.76 Å². The van der Waals surface area contributed by atoms with Crippen molar-refractivity contribution in [2.45, 2.75) is 39.9 Å². The molecule has 2 aromatic rings. The predicted molar refractivity (Wildman–Crippen MR) is 87.9 cm³/mol. The Labute approximate surface area is 145 Å². The van der Waals surface area contributed by atoms with E-state index < -0.39 is 12.1 Å². The Morgan fingerprint density at radius 2 is 1.96 bits per heavy atom. The second-order valence-corrected chi connectivity index (χ2v) is 6.40. The smallest absolute Gasteiger partial charge is 0.334 e. The summed E-state index contributed by atoms with van der Waals surface area (Å²) in [4.78, 5) is 25.7. The third-order valence-corrected chi connectivity index (χ3v) is 4.33. The Morgan fingerprint density at radius 1 is 1.24 bits per heavy atom. The normalized spacial score (nSPS) is 20.7. The number of aryl methyl sites for hydroxylation is 2. The van der Waals surface area contributed by atoms with Crippen LogP contribution in [0.15, 0.2) is 16.7 Å². The van der Waals surface area contributed by atoms with E-state index in [0.29, 0.717) is 23.7 Å². The first-order valence-corrected chi connectivity index (χ1v) is 8.08. The summed E-state index contributed by atoms with van der Waals surface area (Å²) >= 11 is 0. The lowest BCUT2D eigenvalue weighted by atomic mass is 10.1. The van der Waals surface area contributed by atoms with Gasteiger partial charge in [-0.25, -0.2) is 4.79 Å². The van der Waals surface area contributed by atoms with Crippen molar-refractivity contribution in [2.24, 2.45) is 0 Å². The van der Waals surface area contributed by atoms with E-state index in [4.69, 9.17) is 9.26 Å². The van der Waals surface area contributed by atoms with Gasteiger partial charge in [-0.2, -0.15) is 0 Å². The molecule has 1 amide bonds. The van der Waals surface area contributed by atoms with E-state index in [1.165, 1.54) is 4.90 Å². The summed E-state index contributed by atoms with van der Waals surface area (Å²) in [6.45, 7) is 7.67. The van der Waals surface area contributed by atoms with Gasteiger partial charge in [-0.05, 0) is 33.8 Å². The quantitative estimate of drug-likeness (QED) is 0.907. The van der Waals surface area contributed by atoms with Crippen molar-refractivity contribution in [2.75, 3.05) is 13.1 Å². The monoisotopic (exact) mass is 347 g/mol. The molecule has 8 nitrogen and oxygen atoms in total. The van der Waals surface area contributed by atoms with Gasteiger partial charge in [-0.15, -0.1) is 0 Å². The molecule has 2 aromatic heterocycles. The first-order valence-electron chi connectivity index (χ1n) is 8.08. The topological polar surface area (TPSA) is 97.8 Å². The Hall–Kier alpha value is -2.61. The fourth-order valence-corrected chi connectivity index (χ4v) is 3.21. The zero-order valence-corrected chi connectivity index (χ0v) is 14.6. The van der Waals surface area contributed by atoms with E-state index in [9.17, 15) is 14.7 Å². The molecular weight excluding hydrogens is 326 g/mol. The van der Waals surface area contributed by atoms with Crippen LogP contribution < -0.4 is 0 Å². The number of amides is 1. The first kappa shape index (κ1) is 17.2. The second-order valence-electron chi connectivity index (χ2n) is 6.40. The number of carboxylic acid groups (broad SMARTS) is 1. The molecule has 2 atom stereocenters. The van der Waals surface area contributed by atoms with Gasteiger partial charge in [0.15, 0.2) is 11.9 Å². The van der Waals surface area contributed by atoms with E-state index >= 15 is 0 Å². The molecular formula is C17H21N3O5. The highest BCUT2D eigenvalue weighted by Gasteiger charge is 2.34. The van der Waals surface area contributed by atoms with Crippen LogP contribution in [0.1, 0.15) is 34.4 Å². The number of aromatic nitrogens is 2. The zero-order chi connectivity index (χ0) is 18.3. The highest BCUT2D eigenvalue weighted by molar-refractivity contribution is 5.96. The molecule has 1 aliphatic rings. The third kappa shape index (κ3) is 3.17. The number of morpholine rings is 1. The second kappa shape index (κ2) is 6.36. The van der Waals surface area contributed by atoms with Crippen LogP contribution in [0.3, 0.4) is 0 Å². The van der Waals surface area contributed by atoms with Crippen molar-refractivity contribution in [3.05, 3.63) is 34.8 Å². The summed E-state index contributed by atoms with van der Waals surface area (Å²) in [5, 5.41) is 13.2. The van der Waals surface area contributed by atoms with Crippen LogP contribution in [0.2, 0.25) is 0 Å².